The van der Waals surface area contributed by atoms with E-state index in [0.717, 1.165) is 37.3 Å². The van der Waals surface area contributed by atoms with Gasteiger partial charge in [-0.3, -0.25) is 4.79 Å². The highest BCUT2D eigenvalue weighted by atomic mass is 35.5. The van der Waals surface area contributed by atoms with Gasteiger partial charge >= 0.3 is 5.56 Å². The van der Waals surface area contributed by atoms with Gasteiger partial charge in [-0.05, 0) is 48.7 Å². The first-order valence-corrected chi connectivity index (χ1v) is 16.3. The van der Waals surface area contributed by atoms with Gasteiger partial charge in [-0.25, -0.2) is 4.98 Å². The minimum atomic E-state index is -3.73. The monoisotopic (exact) mass is 629 g/mol. The molecule has 2 saturated heterocycles. The summed E-state index contributed by atoms with van der Waals surface area (Å²) in [6.07, 6.45) is 5.41. The average Bonchev–Trinajstić information content (AvgIpc) is 3.77. The molecule has 3 aromatic rings. The van der Waals surface area contributed by atoms with E-state index in [4.69, 9.17) is 21.1 Å². The quantitative estimate of drug-likeness (QED) is 0.360. The van der Waals surface area contributed by atoms with E-state index in [1.165, 1.54) is 8.99 Å². The first-order chi connectivity index (χ1) is 20.7. The van der Waals surface area contributed by atoms with Crippen LogP contribution < -0.4 is 24.8 Å². The molecule has 1 aromatic carbocycles. The predicted octanol–water partition coefficient (Wildman–Crippen LogP) is 2.45. The number of anilines is 2. The fourth-order valence-electron chi connectivity index (χ4n) is 5.16. The third kappa shape index (κ3) is 6.96. The van der Waals surface area contributed by atoms with E-state index in [1.54, 1.807) is 36.7 Å². The maximum absolute atomic E-state index is 13.6. The summed E-state index contributed by atoms with van der Waals surface area (Å²) in [4.78, 5) is 22.2. The van der Waals surface area contributed by atoms with Crippen LogP contribution in [-0.4, -0.2) is 86.6 Å². The summed E-state index contributed by atoms with van der Waals surface area (Å²) >= 11 is 6.17. The smallest absolute Gasteiger partial charge is 0.316 e. The fourth-order valence-corrected chi connectivity index (χ4v) is 6.52. The van der Waals surface area contributed by atoms with Crippen LogP contribution in [0.1, 0.15) is 25.3 Å². The van der Waals surface area contributed by atoms with E-state index in [0.29, 0.717) is 49.3 Å². The summed E-state index contributed by atoms with van der Waals surface area (Å²) in [5.41, 5.74) is 1.61. The van der Waals surface area contributed by atoms with Gasteiger partial charge in [0.25, 0.3) is 10.2 Å². The van der Waals surface area contributed by atoms with Crippen molar-refractivity contribution in [2.45, 2.75) is 26.3 Å². The van der Waals surface area contributed by atoms with Crippen LogP contribution in [0.25, 0.3) is 5.69 Å². The first-order valence-electron chi connectivity index (χ1n) is 14.5. The second kappa shape index (κ2) is 12.4. The van der Waals surface area contributed by atoms with Crippen LogP contribution in [0.4, 0.5) is 11.5 Å². The Labute approximate surface area is 256 Å². The molecule has 1 aliphatic carbocycles. The molecule has 3 fully saturated rings. The lowest BCUT2D eigenvalue weighted by Crippen LogP contribution is -2.52. The Bertz CT molecular complexity index is 1620. The van der Waals surface area contributed by atoms with Crippen molar-refractivity contribution in [3.8, 4) is 11.4 Å². The number of pyridine rings is 1. The minimum absolute atomic E-state index is 0.0596. The summed E-state index contributed by atoms with van der Waals surface area (Å²) in [5.74, 6) is 1.03. The highest BCUT2D eigenvalue weighted by Gasteiger charge is 2.39. The van der Waals surface area contributed by atoms with Crippen molar-refractivity contribution in [1.82, 2.24) is 23.8 Å². The minimum Gasteiger partial charge on any atom is -0.486 e. The molecule has 14 heteroatoms. The number of hydrogen-bond donors (Lipinski definition) is 1. The van der Waals surface area contributed by atoms with Crippen LogP contribution in [0.2, 0.25) is 5.02 Å². The molecule has 0 radical (unpaired) electrons. The molecule has 3 aliphatic rings. The van der Waals surface area contributed by atoms with Crippen molar-refractivity contribution >= 4 is 33.3 Å². The molecule has 2 aromatic heterocycles. The van der Waals surface area contributed by atoms with Gasteiger partial charge in [0.05, 0.1) is 31.7 Å². The summed E-state index contributed by atoms with van der Waals surface area (Å²) in [6.45, 7) is 6.78. The van der Waals surface area contributed by atoms with Gasteiger partial charge in [0.1, 0.15) is 11.5 Å². The highest BCUT2D eigenvalue weighted by Crippen LogP contribution is 2.45. The summed E-state index contributed by atoms with van der Waals surface area (Å²) in [7, 11) is -3.73. The first kappa shape index (κ1) is 29.8. The molecule has 4 heterocycles. The summed E-state index contributed by atoms with van der Waals surface area (Å²) < 4.78 is 43.5. The predicted molar refractivity (Wildman–Crippen MR) is 164 cm³/mol. The Balaban J connectivity index is 1.13. The van der Waals surface area contributed by atoms with Crippen LogP contribution in [0.3, 0.4) is 0 Å². The Morgan fingerprint density at radius 1 is 1.05 bits per heavy atom. The number of benzene rings is 1. The van der Waals surface area contributed by atoms with Gasteiger partial charge in [0.2, 0.25) is 5.75 Å². The highest BCUT2D eigenvalue weighted by molar-refractivity contribution is 7.87. The molecule has 1 N–H and O–H groups in total. The molecule has 0 spiro atoms. The number of nitrogens with zero attached hydrogens (tertiary/aromatic N) is 6. The van der Waals surface area contributed by atoms with E-state index in [2.05, 4.69) is 26.6 Å². The van der Waals surface area contributed by atoms with Gasteiger partial charge < -0.3 is 19.3 Å². The Morgan fingerprint density at radius 2 is 1.81 bits per heavy atom. The molecule has 230 valence electrons. The lowest BCUT2D eigenvalue weighted by Gasteiger charge is -2.35. The zero-order valence-electron chi connectivity index (χ0n) is 24.1. The molecule has 12 nitrogen and oxygen atoms in total. The lowest BCUT2D eigenvalue weighted by molar-refractivity contribution is 0.122. The molecule has 0 bridgehead atoms. The van der Waals surface area contributed by atoms with E-state index < -0.39 is 10.2 Å². The molecule has 6 rings (SSSR count). The number of morpholine rings is 1. The van der Waals surface area contributed by atoms with Crippen LogP contribution in [0.15, 0.2) is 53.6 Å². The van der Waals surface area contributed by atoms with E-state index in [9.17, 15) is 13.2 Å². The van der Waals surface area contributed by atoms with Crippen molar-refractivity contribution in [2.75, 3.05) is 68.9 Å². The van der Waals surface area contributed by atoms with Crippen molar-refractivity contribution < 1.29 is 17.9 Å². The molecule has 1 saturated carbocycles. The van der Waals surface area contributed by atoms with Crippen LogP contribution in [-0.2, 0) is 21.5 Å². The number of ether oxygens (including phenoxy) is 2. The number of halogens is 1. The maximum Gasteiger partial charge on any atom is 0.316 e. The van der Waals surface area contributed by atoms with Crippen molar-refractivity contribution in [2.24, 2.45) is 5.41 Å². The van der Waals surface area contributed by atoms with Gasteiger partial charge in [-0.2, -0.15) is 27.2 Å². The van der Waals surface area contributed by atoms with E-state index >= 15 is 0 Å². The second-order valence-electron chi connectivity index (χ2n) is 11.5. The zero-order valence-corrected chi connectivity index (χ0v) is 25.7. The normalized spacial score (nSPS) is 18.9. The number of hydrogen-bond acceptors (Lipinski definition) is 9. The topological polar surface area (TPSA) is 122 Å². The van der Waals surface area contributed by atoms with Gasteiger partial charge in [0, 0.05) is 62.4 Å². The van der Waals surface area contributed by atoms with E-state index in [-0.39, 0.29) is 36.4 Å². The van der Waals surface area contributed by atoms with Crippen LogP contribution >= 0.6 is 11.6 Å². The van der Waals surface area contributed by atoms with Crippen LogP contribution in [0, 0.1) is 5.41 Å². The molecule has 0 unspecified atom stereocenters. The number of nitrogens with one attached hydrogen (secondary N) is 1. The van der Waals surface area contributed by atoms with Crippen molar-refractivity contribution in [3.63, 3.8) is 0 Å². The molecule has 0 atom stereocenters. The number of aromatic nitrogens is 3. The molecule has 43 heavy (non-hydrogen) atoms. The standard InChI is InChI=1S/C29H36ClN7O5S/c1-29(6-7-29)21-42-27-25(20-32-37(28(27)38)24-4-2-3-23(30)18-24)34-9-11-36(12-10-34)43(39,40)33-19-22-5-8-31-26(17-22)35-13-15-41-16-14-35/h2-5,8,17-18,20,33H,6-7,9-16,19,21H2,1H3. The van der Waals surface area contributed by atoms with Crippen LogP contribution in [0.5, 0.6) is 5.75 Å². The number of piperazine rings is 1. The van der Waals surface area contributed by atoms with Crippen molar-refractivity contribution in [1.29, 1.82) is 0 Å². The average molecular weight is 630 g/mol. The zero-order chi connectivity index (χ0) is 30.0. The molecule has 0 amide bonds. The third-order valence-corrected chi connectivity index (χ3v) is 9.95. The lowest BCUT2D eigenvalue weighted by atomic mass is 10.2. The van der Waals surface area contributed by atoms with Crippen molar-refractivity contribution in [3.05, 3.63) is 69.7 Å². The summed E-state index contributed by atoms with van der Waals surface area (Å²) in [6, 6.07) is 10.7. The van der Waals surface area contributed by atoms with Gasteiger partial charge in [-0.15, -0.1) is 0 Å². The van der Waals surface area contributed by atoms with Gasteiger partial charge in [0.15, 0.2) is 0 Å². The fraction of sp³-hybridized carbons (Fsp3) is 0.483. The van der Waals surface area contributed by atoms with Gasteiger partial charge in [-0.1, -0.05) is 24.6 Å². The molecular weight excluding hydrogens is 594 g/mol. The Kier molecular flexibility index (Phi) is 8.60. The SMILES string of the molecule is CC1(COc2c(N3CCN(S(=O)(=O)NCc4ccnc(N5CCOCC5)c4)CC3)cnn(-c3cccc(Cl)c3)c2=O)CC1. The third-order valence-electron chi connectivity index (χ3n) is 8.16. The largest absolute Gasteiger partial charge is 0.486 e. The molecule has 2 aliphatic heterocycles. The van der Waals surface area contributed by atoms with E-state index in [1.807, 2.05) is 17.0 Å². The Hall–Kier alpha value is -3.23. The maximum atomic E-state index is 13.6. The Morgan fingerprint density at radius 3 is 2.53 bits per heavy atom. The number of rotatable bonds is 10. The second-order valence-corrected chi connectivity index (χ2v) is 13.7. The molecular formula is C29H36ClN7O5S. The summed E-state index contributed by atoms with van der Waals surface area (Å²) in [5, 5.41) is 4.92.